The number of hydrogen-bond donors (Lipinski definition) is 5. The Morgan fingerprint density at radius 3 is 1.25 bits per heavy atom. The minimum absolute atomic E-state index is 0.00202. The number of rotatable bonds is 19. The van der Waals surface area contributed by atoms with E-state index in [9.17, 15) is 66.4 Å². The van der Waals surface area contributed by atoms with Gasteiger partial charge in [0.2, 0.25) is 5.91 Å². The van der Waals surface area contributed by atoms with E-state index in [0.29, 0.717) is 107 Å². The smallest absolute Gasteiger partial charge is 0.379 e. The lowest BCUT2D eigenvalue weighted by Gasteiger charge is -2.26. The molecule has 5 aromatic heterocycles. The van der Waals surface area contributed by atoms with Crippen molar-refractivity contribution in [2.24, 2.45) is 0 Å². The van der Waals surface area contributed by atoms with Crippen molar-refractivity contribution < 1.29 is 99.9 Å². The maximum Gasteiger partial charge on any atom is 0.379 e. The van der Waals surface area contributed by atoms with Crippen molar-refractivity contribution in [3.05, 3.63) is 184 Å². The van der Waals surface area contributed by atoms with Crippen molar-refractivity contribution in [3.63, 3.8) is 0 Å². The minimum Gasteiger partial charge on any atom is -0.507 e. The van der Waals surface area contributed by atoms with Crippen molar-refractivity contribution in [3.8, 4) is 28.7 Å². The number of halogens is 5. The van der Waals surface area contributed by atoms with E-state index in [1.807, 2.05) is 86.5 Å². The fourth-order valence-electron chi connectivity index (χ4n) is 13.6. The second-order valence-electron chi connectivity index (χ2n) is 26.1. The number of ketones is 1. The van der Waals surface area contributed by atoms with Gasteiger partial charge in [-0.2, -0.15) is 0 Å². The molecule has 28 heteroatoms. The molecule has 5 N–H and O–H groups in total. The number of methoxy groups -OCH3 is 2. The van der Waals surface area contributed by atoms with Crippen LogP contribution in [0.4, 0.5) is 22.0 Å². The van der Waals surface area contributed by atoms with E-state index < -0.39 is 52.8 Å². The first-order chi connectivity index (χ1) is 52.9. The van der Waals surface area contributed by atoms with Gasteiger partial charge in [0.05, 0.1) is 98.4 Å². The van der Waals surface area contributed by atoms with E-state index in [4.69, 9.17) is 24.1 Å². The van der Waals surface area contributed by atoms with Crippen LogP contribution >= 0.6 is 0 Å². The van der Waals surface area contributed by atoms with Gasteiger partial charge in [0.15, 0.2) is 0 Å². The fraction of sp³-hybridized carbons (Fsp3) is 0.378. The van der Waals surface area contributed by atoms with Gasteiger partial charge in [0, 0.05) is 162 Å². The summed E-state index contributed by atoms with van der Waals surface area (Å²) in [4.78, 5) is 62.7. The Morgan fingerprint density at radius 1 is 0.445 bits per heavy atom. The Hall–Kier alpha value is -10.9. The number of ether oxygens (including phenoxy) is 6. The molecule has 0 spiro atoms. The normalized spacial score (nSPS) is 13.6. The number of aromatic nitrogens is 5. The summed E-state index contributed by atoms with van der Waals surface area (Å²) in [5.74, 6) is -5.78. The quantitative estimate of drug-likeness (QED) is 0.0218. The first kappa shape index (κ1) is 83.1. The third-order valence-electron chi connectivity index (χ3n) is 19.0. The van der Waals surface area contributed by atoms with Gasteiger partial charge in [0.25, 0.3) is 5.78 Å². The molecule has 1 amide bonds. The van der Waals surface area contributed by atoms with Crippen LogP contribution in [0, 0.1) is 29.1 Å². The number of amides is 1. The summed E-state index contributed by atoms with van der Waals surface area (Å²) in [6.07, 6.45) is 13.6. The zero-order valence-electron chi connectivity index (χ0n) is 62.8. The number of phenolic OH excluding ortho intramolecular Hbond substituents is 4. The molecule has 3 saturated heterocycles. The van der Waals surface area contributed by atoms with Crippen LogP contribution in [-0.2, 0) is 108 Å². The van der Waals surface area contributed by atoms with Gasteiger partial charge in [0.1, 0.15) is 64.4 Å². The number of phenols is 4. The second-order valence-corrected chi connectivity index (χ2v) is 26.1. The summed E-state index contributed by atoms with van der Waals surface area (Å²) in [6.45, 7) is 21.6. The fourth-order valence-corrected chi connectivity index (χ4v) is 13.6. The number of nitrogens with zero attached hydrogens (tertiary/aromatic N) is 7. The van der Waals surface area contributed by atoms with Gasteiger partial charge in [-0.25, -0.2) is 26.7 Å². The molecular formula is C82H94F5N7O16. The Morgan fingerprint density at radius 2 is 0.836 bits per heavy atom. The highest BCUT2D eigenvalue weighted by molar-refractivity contribution is 6.43. The summed E-state index contributed by atoms with van der Waals surface area (Å²) < 4.78 is 107. The number of carboxylic acid groups (broad SMARTS) is 1. The Kier molecular flexibility index (Phi) is 29.8. The molecule has 3 aliphatic rings. The van der Waals surface area contributed by atoms with Crippen molar-refractivity contribution in [1.29, 1.82) is 0 Å². The van der Waals surface area contributed by atoms with Crippen LogP contribution in [0.5, 0.6) is 28.7 Å². The zero-order chi connectivity index (χ0) is 79.3. The highest BCUT2D eigenvalue weighted by Crippen LogP contribution is 2.37. The van der Waals surface area contributed by atoms with Gasteiger partial charge >= 0.3 is 17.9 Å². The molecule has 0 saturated carbocycles. The largest absolute Gasteiger partial charge is 0.507 e. The third-order valence-corrected chi connectivity index (χ3v) is 19.0. The van der Waals surface area contributed by atoms with E-state index in [2.05, 4.69) is 14.4 Å². The zero-order valence-corrected chi connectivity index (χ0v) is 62.8. The number of morpholine rings is 2. The number of carbonyl (C=O) groups excluding carboxylic acids is 4. The summed E-state index contributed by atoms with van der Waals surface area (Å²) in [5.41, 5.74) is 6.94. The number of carbonyl (C=O) groups is 5. The second kappa shape index (κ2) is 39.4. The molecule has 6 aromatic carbocycles. The average Bonchev–Trinajstić information content (AvgIpc) is 1.60. The summed E-state index contributed by atoms with van der Waals surface area (Å²) in [6, 6.07) is 21.8. The lowest BCUT2D eigenvalue weighted by Crippen LogP contribution is -2.41. The monoisotopic (exact) mass is 1530 g/mol. The molecule has 0 bridgehead atoms. The first-order valence-corrected chi connectivity index (χ1v) is 36.6. The van der Waals surface area contributed by atoms with Crippen LogP contribution in [0.3, 0.4) is 0 Å². The molecule has 588 valence electrons. The SMILES string of the molecule is C1CCOCC1.CCn1cc(C(=O)C(=O)OC)c2c(OCc3ccccc3)cc(F)cc21.CCn1cc(CC(=O)N2CCOCC2)c2c(O)cc(F)cc21.CCn1cc(CC(=O)O)c2c(O)cc(F)cc21.CCn1cc(CC(=O)OC)c2c(O)cc(F)cc21.CCn1cc(CCN2CCOCC2)c2c(O)cc(F)cc21. The molecule has 3 fully saturated rings. The van der Waals surface area contributed by atoms with Crippen molar-refractivity contribution in [2.75, 3.05) is 86.6 Å². The molecule has 0 atom stereocenters. The van der Waals surface area contributed by atoms with Gasteiger partial charge < -0.3 is 81.7 Å². The van der Waals surface area contributed by atoms with Crippen molar-refractivity contribution in [2.45, 2.75) is 119 Å². The molecule has 0 aliphatic carbocycles. The molecule has 3 aliphatic heterocycles. The number of carboxylic acids is 1. The first-order valence-electron chi connectivity index (χ1n) is 36.6. The average molecular weight is 1530 g/mol. The molecular weight excluding hydrogens is 1430 g/mol. The lowest BCUT2D eigenvalue weighted by molar-refractivity contribution is -0.140. The van der Waals surface area contributed by atoms with Gasteiger partial charge in [-0.3, -0.25) is 24.1 Å². The number of esters is 2. The van der Waals surface area contributed by atoms with Crippen LogP contribution < -0.4 is 4.74 Å². The standard InChI is InChI=1S/C20H18FNO4.C16H19FN2O3.C16H21FN2O2.C13H14FNO3.C12H12FNO3.C5H10O/c1-3-22-11-15(19(23)20(24)25-2)18-16(22)9-14(21)10-17(18)26-12-13-7-5-4-6-8-13;1-2-18-10-11(7-15(21)19-3-5-22-6-4-19)16-13(18)8-12(17)9-14(16)20;1-2-19-11-12(3-4-18-5-7-21-8-6-18)16-14(19)9-13(17)10-15(16)20;1-3-15-7-8(4-12(17)18-2)13-10(15)5-9(14)6-11(13)16;1-2-14-6-7(3-11(16)17)12-9(14)4-8(13)5-10(12)15;1-2-4-6-5-3-1/h4-11H,3,12H2,1-2H3;8-10,20H,2-7H2,1H3;9-11,20H,2-8H2,1H3;5-7,16H,3-4H2,1-2H3;4-6,15H,2-3H2,1H3,(H,16,17);1-5H2. The molecule has 110 heavy (non-hydrogen) atoms. The van der Waals surface area contributed by atoms with Gasteiger partial charge in [-0.05, 0) is 118 Å². The topological polar surface area (TPSA) is 273 Å². The Labute approximate surface area is 632 Å². The Balaban J connectivity index is 0.000000156. The predicted octanol–water partition coefficient (Wildman–Crippen LogP) is 13.6. The van der Waals surface area contributed by atoms with Gasteiger partial charge in [-0.1, -0.05) is 30.3 Å². The van der Waals surface area contributed by atoms with E-state index >= 15 is 0 Å². The van der Waals surface area contributed by atoms with Crippen molar-refractivity contribution in [1.82, 2.24) is 32.6 Å². The number of aliphatic carboxylic acids is 1. The minimum atomic E-state index is -0.983. The maximum atomic E-state index is 14.1. The van der Waals surface area contributed by atoms with E-state index in [-0.39, 0.29) is 66.1 Å². The molecule has 8 heterocycles. The number of aromatic hydroxyl groups is 4. The molecule has 0 unspecified atom stereocenters. The van der Waals surface area contributed by atoms with Crippen LogP contribution in [-0.4, -0.2) is 174 Å². The Bertz CT molecular complexity index is 5000. The summed E-state index contributed by atoms with van der Waals surface area (Å²) in [7, 11) is 2.45. The van der Waals surface area contributed by atoms with E-state index in [0.717, 1.165) is 112 Å². The number of Topliss-reactive ketones (excluding diaryl/α,β-unsaturated/α-hetero) is 1. The third kappa shape index (κ3) is 20.9. The highest BCUT2D eigenvalue weighted by atomic mass is 19.1. The van der Waals surface area contributed by atoms with Gasteiger partial charge in [-0.15, -0.1) is 0 Å². The van der Waals surface area contributed by atoms with E-state index in [1.54, 1.807) is 31.0 Å². The van der Waals surface area contributed by atoms with Crippen LogP contribution in [0.1, 0.15) is 92.1 Å². The van der Waals surface area contributed by atoms with Crippen LogP contribution in [0.25, 0.3) is 54.5 Å². The summed E-state index contributed by atoms with van der Waals surface area (Å²) in [5, 5.41) is 51.1. The van der Waals surface area contributed by atoms with E-state index in [1.165, 1.54) is 75.0 Å². The maximum absolute atomic E-state index is 14.1. The lowest BCUT2D eigenvalue weighted by atomic mass is 10.1. The number of hydrogen-bond acceptors (Lipinski definition) is 16. The molecule has 23 nitrogen and oxygen atoms in total. The number of benzene rings is 6. The highest BCUT2D eigenvalue weighted by Gasteiger charge is 2.27. The van der Waals surface area contributed by atoms with Crippen molar-refractivity contribution >= 4 is 84.1 Å². The molecule has 11 aromatic rings. The van der Waals surface area contributed by atoms with Crippen LogP contribution in [0.2, 0.25) is 0 Å². The predicted molar refractivity (Wildman–Crippen MR) is 405 cm³/mol. The number of fused-ring (bicyclic) bond motifs is 5. The van der Waals surface area contributed by atoms with Crippen LogP contribution in [0.15, 0.2) is 122 Å². The number of aryl methyl sites for hydroxylation is 5. The molecule has 0 radical (unpaired) electrons. The summed E-state index contributed by atoms with van der Waals surface area (Å²) >= 11 is 0. The molecule has 14 rings (SSSR count).